The molecule has 0 spiro atoms. The fourth-order valence-corrected chi connectivity index (χ4v) is 7.87. The van der Waals surface area contributed by atoms with Crippen LogP contribution in [0.4, 0.5) is 5.69 Å². The van der Waals surface area contributed by atoms with Crippen molar-refractivity contribution in [2.45, 2.75) is 58.8 Å². The number of Topliss-reactive ketones (excluding diaryl/α,β-unsaturated/α-hetero) is 1. The van der Waals surface area contributed by atoms with Gasteiger partial charge in [-0.1, -0.05) is 13.3 Å². The van der Waals surface area contributed by atoms with Gasteiger partial charge in [0.2, 0.25) is 0 Å². The van der Waals surface area contributed by atoms with Gasteiger partial charge in [-0.3, -0.25) is 14.9 Å². The number of unbranched alkanes of at least 4 members (excludes halogenated alkanes) is 1. The van der Waals surface area contributed by atoms with Gasteiger partial charge >= 0.3 is 0 Å². The topological polar surface area (TPSA) is 60.2 Å². The van der Waals surface area contributed by atoms with Crippen LogP contribution in [0, 0.1) is 10.1 Å². The van der Waals surface area contributed by atoms with Crippen molar-refractivity contribution in [3.8, 4) is 0 Å². The van der Waals surface area contributed by atoms with E-state index >= 15 is 0 Å². The van der Waals surface area contributed by atoms with Crippen LogP contribution in [0.3, 0.4) is 0 Å². The Kier molecular flexibility index (Phi) is 7.34. The predicted molar refractivity (Wildman–Crippen MR) is 99.3 cm³/mol. The molecule has 5 heteroatoms. The Balaban J connectivity index is 3.02. The fourth-order valence-electron chi connectivity index (χ4n) is 3.14. The van der Waals surface area contributed by atoms with Crippen LogP contribution in [0.2, 0.25) is 0 Å². The molecule has 0 saturated carbocycles. The van der Waals surface area contributed by atoms with Crippen LogP contribution in [0.1, 0.15) is 57.8 Å². The minimum Gasteiger partial charge on any atom is -0.290 e. The van der Waals surface area contributed by atoms with E-state index in [1.807, 2.05) is 0 Å². The average Bonchev–Trinajstić information content (AvgIpc) is 2.50. The first kappa shape index (κ1) is 19.8. The third kappa shape index (κ3) is 4.84. The summed E-state index contributed by atoms with van der Waals surface area (Å²) >= 11 is 0. The molecule has 128 valence electrons. The fraction of sp³-hybridized carbons (Fsp3) is 0.611. The summed E-state index contributed by atoms with van der Waals surface area (Å²) in [6.07, 6.45) is 4.07. The van der Waals surface area contributed by atoms with Crippen LogP contribution in [0.25, 0.3) is 0 Å². The van der Waals surface area contributed by atoms with Crippen molar-refractivity contribution in [2.75, 3.05) is 12.3 Å². The SMILES string of the molecule is CCCC[P+](CC(=O)c1ccc([N+](=O)[O-])cc1)(C(C)C)C(C)C. The summed E-state index contributed by atoms with van der Waals surface area (Å²) in [5, 5.41) is 10.7. The Bertz CT molecular complexity index is 530. The third-order valence-electron chi connectivity index (χ3n) is 4.82. The normalized spacial score (nSPS) is 12.0. The summed E-state index contributed by atoms with van der Waals surface area (Å²) < 4.78 is 0. The molecule has 0 N–H and O–H groups in total. The second kappa shape index (κ2) is 8.54. The van der Waals surface area contributed by atoms with E-state index < -0.39 is 12.2 Å². The zero-order chi connectivity index (χ0) is 17.6. The van der Waals surface area contributed by atoms with Crippen molar-refractivity contribution >= 4 is 18.7 Å². The first-order valence-corrected chi connectivity index (χ1v) is 10.7. The van der Waals surface area contributed by atoms with E-state index in [0.717, 1.165) is 19.0 Å². The zero-order valence-electron chi connectivity index (χ0n) is 14.9. The van der Waals surface area contributed by atoms with E-state index in [2.05, 4.69) is 34.6 Å². The van der Waals surface area contributed by atoms with Crippen LogP contribution in [-0.4, -0.2) is 34.3 Å². The zero-order valence-corrected chi connectivity index (χ0v) is 15.8. The molecule has 0 aliphatic rings. The van der Waals surface area contributed by atoms with E-state index in [1.165, 1.54) is 12.1 Å². The minimum atomic E-state index is -1.39. The molecule has 0 atom stereocenters. The van der Waals surface area contributed by atoms with Gasteiger partial charge in [-0.2, -0.15) is 0 Å². The molecular formula is C18H29NO3P+. The Morgan fingerprint density at radius 2 is 1.65 bits per heavy atom. The number of nitro groups is 1. The smallest absolute Gasteiger partial charge is 0.269 e. The minimum absolute atomic E-state index is 0.0290. The molecule has 1 aromatic rings. The molecule has 0 radical (unpaired) electrons. The maximum absolute atomic E-state index is 12.8. The number of hydrogen-bond donors (Lipinski definition) is 0. The lowest BCUT2D eigenvalue weighted by Gasteiger charge is -2.34. The van der Waals surface area contributed by atoms with Crippen LogP contribution >= 0.6 is 7.26 Å². The Morgan fingerprint density at radius 1 is 1.13 bits per heavy atom. The number of rotatable bonds is 9. The van der Waals surface area contributed by atoms with Crippen molar-refractivity contribution in [1.29, 1.82) is 0 Å². The van der Waals surface area contributed by atoms with Gasteiger partial charge in [0.05, 0.1) is 22.4 Å². The van der Waals surface area contributed by atoms with Crippen molar-refractivity contribution in [2.24, 2.45) is 0 Å². The number of carbonyl (C=O) groups is 1. The average molecular weight is 338 g/mol. The van der Waals surface area contributed by atoms with Crippen molar-refractivity contribution < 1.29 is 9.72 Å². The highest BCUT2D eigenvalue weighted by Gasteiger charge is 2.45. The summed E-state index contributed by atoms with van der Waals surface area (Å²) in [7, 11) is -1.39. The van der Waals surface area contributed by atoms with E-state index in [9.17, 15) is 14.9 Å². The van der Waals surface area contributed by atoms with Gasteiger partial charge in [-0.25, -0.2) is 0 Å². The van der Waals surface area contributed by atoms with Crippen molar-refractivity contribution in [3.05, 3.63) is 39.9 Å². The maximum Gasteiger partial charge on any atom is 0.269 e. The molecule has 0 fully saturated rings. The molecule has 0 aliphatic heterocycles. The lowest BCUT2D eigenvalue weighted by atomic mass is 10.1. The molecule has 23 heavy (non-hydrogen) atoms. The second-order valence-electron chi connectivity index (χ2n) is 6.75. The monoisotopic (exact) mass is 338 g/mol. The molecule has 1 rings (SSSR count). The highest BCUT2D eigenvalue weighted by atomic mass is 31.2. The molecule has 0 heterocycles. The van der Waals surface area contributed by atoms with E-state index in [1.54, 1.807) is 12.1 Å². The summed E-state index contributed by atoms with van der Waals surface area (Å²) in [4.78, 5) is 23.1. The molecule has 4 nitrogen and oxygen atoms in total. The first-order valence-electron chi connectivity index (χ1n) is 8.38. The number of ketones is 1. The number of nitro benzene ring substituents is 1. The molecule has 0 aliphatic carbocycles. The molecule has 0 unspecified atom stereocenters. The van der Waals surface area contributed by atoms with Gasteiger partial charge in [0.25, 0.3) is 5.69 Å². The molecular weight excluding hydrogens is 309 g/mol. The number of benzene rings is 1. The molecule has 0 saturated heterocycles. The maximum atomic E-state index is 12.8. The van der Waals surface area contributed by atoms with Crippen LogP contribution in [0.5, 0.6) is 0 Å². The van der Waals surface area contributed by atoms with Gasteiger partial charge in [0.15, 0.2) is 5.78 Å². The predicted octanol–water partition coefficient (Wildman–Crippen LogP) is 5.41. The molecule has 0 bridgehead atoms. The number of hydrogen-bond acceptors (Lipinski definition) is 3. The van der Waals surface area contributed by atoms with Gasteiger partial charge in [0.1, 0.15) is 6.16 Å². The summed E-state index contributed by atoms with van der Waals surface area (Å²) in [5.74, 6) is 0.131. The quantitative estimate of drug-likeness (QED) is 0.262. The lowest BCUT2D eigenvalue weighted by molar-refractivity contribution is -0.384. The van der Waals surface area contributed by atoms with Gasteiger partial charge in [-0.15, -0.1) is 0 Å². The molecule has 1 aromatic carbocycles. The van der Waals surface area contributed by atoms with E-state index in [4.69, 9.17) is 0 Å². The summed E-state index contributed by atoms with van der Waals surface area (Å²) in [6, 6.07) is 6.03. The van der Waals surface area contributed by atoms with Crippen LogP contribution in [-0.2, 0) is 0 Å². The Morgan fingerprint density at radius 3 is 2.04 bits per heavy atom. The van der Waals surface area contributed by atoms with Crippen LogP contribution < -0.4 is 0 Å². The summed E-state index contributed by atoms with van der Waals surface area (Å²) in [6.45, 7) is 11.2. The van der Waals surface area contributed by atoms with Gasteiger partial charge in [0, 0.05) is 25.0 Å². The molecule has 0 amide bonds. The Hall–Kier alpha value is -1.28. The highest BCUT2D eigenvalue weighted by molar-refractivity contribution is 7.77. The largest absolute Gasteiger partial charge is 0.290 e. The summed E-state index contributed by atoms with van der Waals surface area (Å²) in [5.41, 5.74) is 1.67. The van der Waals surface area contributed by atoms with E-state index in [0.29, 0.717) is 23.0 Å². The second-order valence-corrected chi connectivity index (χ2v) is 11.8. The Labute approximate surface area is 140 Å². The standard InChI is InChI=1S/C18H29NO3P/c1-6-7-12-23(14(2)3,15(4)5)13-18(20)16-8-10-17(11-9-16)19(21)22/h8-11,14-15H,6-7,12-13H2,1-5H3/q+1. The van der Waals surface area contributed by atoms with Crippen molar-refractivity contribution in [3.63, 3.8) is 0 Å². The third-order valence-corrected chi connectivity index (χ3v) is 11.0. The lowest BCUT2D eigenvalue weighted by Crippen LogP contribution is -2.26. The molecule has 0 aromatic heterocycles. The van der Waals surface area contributed by atoms with Crippen molar-refractivity contribution in [1.82, 2.24) is 0 Å². The van der Waals surface area contributed by atoms with Gasteiger partial charge < -0.3 is 0 Å². The van der Waals surface area contributed by atoms with Gasteiger partial charge in [-0.05, 0) is 46.2 Å². The van der Waals surface area contributed by atoms with Crippen LogP contribution in [0.15, 0.2) is 24.3 Å². The number of non-ortho nitro benzene ring substituents is 1. The first-order chi connectivity index (χ1) is 10.7. The van der Waals surface area contributed by atoms with E-state index in [-0.39, 0.29) is 11.5 Å². The number of carbonyl (C=O) groups excluding carboxylic acids is 1. The highest BCUT2D eigenvalue weighted by Crippen LogP contribution is 2.67. The number of nitrogens with zero attached hydrogens (tertiary/aromatic N) is 1.